The zero-order chi connectivity index (χ0) is 13.9. The lowest BCUT2D eigenvalue weighted by atomic mass is 9.89. The van der Waals surface area contributed by atoms with Crippen LogP contribution >= 0.6 is 0 Å². The Morgan fingerprint density at radius 2 is 1.90 bits per heavy atom. The van der Waals surface area contributed by atoms with Gasteiger partial charge in [-0.15, -0.1) is 0 Å². The molecule has 2 bridgehead atoms. The number of ether oxygens (including phenoxy) is 1. The molecular weight excluding hydrogens is 254 g/mol. The number of anilines is 2. The fourth-order valence-electron chi connectivity index (χ4n) is 3.61. The van der Waals surface area contributed by atoms with Crippen LogP contribution in [0.3, 0.4) is 0 Å². The van der Waals surface area contributed by atoms with Gasteiger partial charge in [-0.1, -0.05) is 6.42 Å². The first-order chi connectivity index (χ1) is 9.78. The molecule has 2 aliphatic rings. The molecule has 2 N–H and O–H groups in total. The lowest BCUT2D eigenvalue weighted by Gasteiger charge is -2.21. The summed E-state index contributed by atoms with van der Waals surface area (Å²) in [6.45, 7) is 3.75. The topological polar surface area (TPSA) is 72.0 Å². The Balaban J connectivity index is 1.62. The summed E-state index contributed by atoms with van der Waals surface area (Å²) in [6.07, 6.45) is 5.63. The average Bonchev–Trinajstić information content (AvgIpc) is 3.07. The summed E-state index contributed by atoms with van der Waals surface area (Å²) in [5.74, 6) is 3.82. The van der Waals surface area contributed by atoms with E-state index in [9.17, 15) is 0 Å². The second-order valence-electron chi connectivity index (χ2n) is 5.82. The zero-order valence-electron chi connectivity index (χ0n) is 12.2. The van der Waals surface area contributed by atoms with Crippen molar-refractivity contribution >= 4 is 11.9 Å². The molecule has 20 heavy (non-hydrogen) atoms. The molecule has 0 aromatic carbocycles. The number of hydrogen-bond acceptors (Lipinski definition) is 6. The molecule has 1 aromatic heterocycles. The lowest BCUT2D eigenvalue weighted by molar-refractivity contribution is 0.347. The second kappa shape index (κ2) is 5.81. The van der Waals surface area contributed by atoms with Crippen LogP contribution in [0.5, 0.6) is 6.01 Å². The van der Waals surface area contributed by atoms with Gasteiger partial charge in [-0.3, -0.25) is 0 Å². The third-order valence-electron chi connectivity index (χ3n) is 4.54. The van der Waals surface area contributed by atoms with E-state index in [4.69, 9.17) is 4.74 Å². The Morgan fingerprint density at radius 1 is 1.10 bits per heavy atom. The number of nitrogens with one attached hydrogen (secondary N) is 2. The van der Waals surface area contributed by atoms with E-state index in [0.717, 1.165) is 30.8 Å². The van der Waals surface area contributed by atoms with Gasteiger partial charge in [0.15, 0.2) is 0 Å². The Morgan fingerprint density at radius 3 is 2.50 bits per heavy atom. The van der Waals surface area contributed by atoms with Crippen LogP contribution in [0.2, 0.25) is 0 Å². The van der Waals surface area contributed by atoms with Crippen molar-refractivity contribution in [2.24, 2.45) is 17.8 Å². The molecule has 2 aliphatic carbocycles. The van der Waals surface area contributed by atoms with Gasteiger partial charge in [0.25, 0.3) is 0 Å². The maximum atomic E-state index is 5.12. The van der Waals surface area contributed by atoms with E-state index < -0.39 is 0 Å². The van der Waals surface area contributed by atoms with Crippen molar-refractivity contribution < 1.29 is 4.74 Å². The van der Waals surface area contributed by atoms with Crippen LogP contribution in [-0.2, 0) is 0 Å². The third-order valence-corrected chi connectivity index (χ3v) is 4.54. The lowest BCUT2D eigenvalue weighted by Crippen LogP contribution is -2.21. The van der Waals surface area contributed by atoms with Crippen LogP contribution in [0.1, 0.15) is 32.6 Å². The average molecular weight is 277 g/mol. The highest BCUT2D eigenvalue weighted by Crippen LogP contribution is 2.48. The SMILES string of the molecule is CCNc1nc(NCC2CC3CCC2C3)nc(OC)n1. The van der Waals surface area contributed by atoms with Crippen molar-refractivity contribution in [1.82, 2.24) is 15.0 Å². The normalized spacial score (nSPS) is 27.6. The van der Waals surface area contributed by atoms with Crippen LogP contribution in [0.4, 0.5) is 11.9 Å². The van der Waals surface area contributed by atoms with Crippen LogP contribution in [-0.4, -0.2) is 35.2 Å². The van der Waals surface area contributed by atoms with Crippen LogP contribution in [0.25, 0.3) is 0 Å². The fourth-order valence-corrected chi connectivity index (χ4v) is 3.61. The van der Waals surface area contributed by atoms with Crippen LogP contribution in [0, 0.1) is 17.8 Å². The first kappa shape index (κ1) is 13.4. The molecule has 3 rings (SSSR count). The Hall–Kier alpha value is -1.59. The van der Waals surface area contributed by atoms with Gasteiger partial charge >= 0.3 is 6.01 Å². The van der Waals surface area contributed by atoms with Gasteiger partial charge < -0.3 is 15.4 Å². The molecule has 3 unspecified atom stereocenters. The smallest absolute Gasteiger partial charge is 0.322 e. The van der Waals surface area contributed by atoms with E-state index in [0.29, 0.717) is 17.9 Å². The molecule has 0 amide bonds. The third kappa shape index (κ3) is 2.78. The summed E-state index contributed by atoms with van der Waals surface area (Å²) in [6, 6.07) is 0.353. The number of nitrogens with zero attached hydrogens (tertiary/aromatic N) is 3. The molecule has 2 fully saturated rings. The highest BCUT2D eigenvalue weighted by atomic mass is 16.5. The molecule has 3 atom stereocenters. The Kier molecular flexibility index (Phi) is 3.89. The molecule has 1 aromatic rings. The molecule has 0 saturated heterocycles. The number of methoxy groups -OCH3 is 1. The van der Waals surface area contributed by atoms with Crippen LogP contribution in [0.15, 0.2) is 0 Å². The second-order valence-corrected chi connectivity index (χ2v) is 5.82. The molecule has 110 valence electrons. The van der Waals surface area contributed by atoms with Gasteiger partial charge in [0.05, 0.1) is 7.11 Å². The minimum Gasteiger partial charge on any atom is -0.467 e. The predicted octanol–water partition coefficient (Wildman–Crippen LogP) is 2.16. The summed E-state index contributed by atoms with van der Waals surface area (Å²) >= 11 is 0. The molecule has 6 heteroatoms. The Labute approximate surface area is 119 Å². The predicted molar refractivity (Wildman–Crippen MR) is 78.0 cm³/mol. The number of rotatable bonds is 6. The number of hydrogen-bond donors (Lipinski definition) is 2. The van der Waals surface area contributed by atoms with Gasteiger partial charge in [0, 0.05) is 13.1 Å². The van der Waals surface area contributed by atoms with E-state index in [1.165, 1.54) is 25.7 Å². The number of aromatic nitrogens is 3. The summed E-state index contributed by atoms with van der Waals surface area (Å²) in [4.78, 5) is 12.8. The first-order valence-electron chi connectivity index (χ1n) is 7.56. The minimum atomic E-state index is 0.353. The van der Waals surface area contributed by atoms with E-state index in [1.54, 1.807) is 7.11 Å². The van der Waals surface area contributed by atoms with E-state index in [1.807, 2.05) is 6.92 Å². The van der Waals surface area contributed by atoms with Crippen molar-refractivity contribution in [2.45, 2.75) is 32.6 Å². The van der Waals surface area contributed by atoms with Crippen molar-refractivity contribution in [3.8, 4) is 6.01 Å². The highest BCUT2D eigenvalue weighted by molar-refractivity contribution is 5.35. The largest absolute Gasteiger partial charge is 0.467 e. The molecule has 0 spiro atoms. The van der Waals surface area contributed by atoms with E-state index >= 15 is 0 Å². The molecule has 2 saturated carbocycles. The standard InChI is InChI=1S/C14H23N5O/c1-3-15-12-17-13(19-14(18-12)20-2)16-8-11-7-9-4-5-10(11)6-9/h9-11H,3-8H2,1-2H3,(H2,15,16,17,18,19). The molecule has 6 nitrogen and oxygen atoms in total. The highest BCUT2D eigenvalue weighted by Gasteiger charge is 2.39. The fraction of sp³-hybridized carbons (Fsp3) is 0.786. The molecular formula is C14H23N5O. The van der Waals surface area contributed by atoms with Crippen molar-refractivity contribution in [1.29, 1.82) is 0 Å². The van der Waals surface area contributed by atoms with E-state index in [-0.39, 0.29) is 0 Å². The summed E-state index contributed by atoms with van der Waals surface area (Å²) in [5.41, 5.74) is 0. The van der Waals surface area contributed by atoms with Gasteiger partial charge in [-0.2, -0.15) is 15.0 Å². The zero-order valence-corrected chi connectivity index (χ0v) is 12.2. The van der Waals surface area contributed by atoms with Crippen molar-refractivity contribution in [3.63, 3.8) is 0 Å². The molecule has 0 radical (unpaired) electrons. The monoisotopic (exact) mass is 277 g/mol. The van der Waals surface area contributed by atoms with Gasteiger partial charge in [-0.05, 0) is 43.9 Å². The van der Waals surface area contributed by atoms with Gasteiger partial charge in [0.1, 0.15) is 0 Å². The first-order valence-corrected chi connectivity index (χ1v) is 7.56. The summed E-state index contributed by atoms with van der Waals surface area (Å²) in [7, 11) is 1.57. The van der Waals surface area contributed by atoms with Gasteiger partial charge in [0.2, 0.25) is 11.9 Å². The maximum absolute atomic E-state index is 5.12. The van der Waals surface area contributed by atoms with Crippen molar-refractivity contribution in [2.75, 3.05) is 30.8 Å². The summed E-state index contributed by atoms with van der Waals surface area (Å²) < 4.78 is 5.12. The molecule has 0 aliphatic heterocycles. The van der Waals surface area contributed by atoms with Crippen LogP contribution < -0.4 is 15.4 Å². The number of fused-ring (bicyclic) bond motifs is 2. The van der Waals surface area contributed by atoms with Crippen molar-refractivity contribution in [3.05, 3.63) is 0 Å². The Bertz CT molecular complexity index is 467. The maximum Gasteiger partial charge on any atom is 0.322 e. The summed E-state index contributed by atoms with van der Waals surface area (Å²) in [5, 5.41) is 6.46. The van der Waals surface area contributed by atoms with Gasteiger partial charge in [-0.25, -0.2) is 0 Å². The molecule has 1 heterocycles. The van der Waals surface area contributed by atoms with E-state index in [2.05, 4.69) is 25.6 Å². The minimum absolute atomic E-state index is 0.353. The quantitative estimate of drug-likeness (QED) is 0.830.